The Labute approximate surface area is 113 Å². The number of imidazole rings is 1. The van der Waals surface area contributed by atoms with E-state index in [1.807, 2.05) is 24.3 Å². The highest BCUT2D eigenvalue weighted by atomic mass is 16.5. The molecule has 0 bridgehead atoms. The van der Waals surface area contributed by atoms with Crippen molar-refractivity contribution in [1.82, 2.24) is 14.5 Å². The third kappa shape index (κ3) is 3.92. The number of carbonyl (C=O) groups excluding carboxylic acids is 1. The van der Waals surface area contributed by atoms with Crippen LogP contribution in [0.4, 0.5) is 0 Å². The van der Waals surface area contributed by atoms with Crippen LogP contribution < -0.4 is 0 Å². The molecule has 0 N–H and O–H groups in total. The molecule has 0 atom stereocenters. The van der Waals surface area contributed by atoms with Crippen molar-refractivity contribution in [2.24, 2.45) is 0 Å². The highest BCUT2D eigenvalue weighted by molar-refractivity contribution is 5.71. The molecular formula is C14H21N3O2. The maximum atomic E-state index is 11.6. The smallest absolute Gasteiger partial charge is 0.320 e. The molecule has 1 saturated carbocycles. The average Bonchev–Trinajstić information content (AvgIpc) is 3.11. The summed E-state index contributed by atoms with van der Waals surface area (Å²) in [6.45, 7) is 7.62. The fourth-order valence-electron chi connectivity index (χ4n) is 2.12. The SMILES string of the molecule is C=CCN(CC(=O)OCC)Cc1cncn1C1CC1. The Morgan fingerprint density at radius 2 is 2.47 bits per heavy atom. The molecule has 5 heteroatoms. The molecule has 1 fully saturated rings. The Morgan fingerprint density at radius 1 is 1.68 bits per heavy atom. The molecule has 0 amide bonds. The highest BCUT2D eigenvalue weighted by Gasteiger charge is 2.25. The van der Waals surface area contributed by atoms with Crippen LogP contribution in [0, 0.1) is 0 Å². The molecule has 0 radical (unpaired) electrons. The van der Waals surface area contributed by atoms with Gasteiger partial charge in [0.25, 0.3) is 0 Å². The molecule has 1 heterocycles. The van der Waals surface area contributed by atoms with Crippen molar-refractivity contribution in [2.45, 2.75) is 32.4 Å². The first-order chi connectivity index (χ1) is 9.24. The van der Waals surface area contributed by atoms with Crippen LogP contribution in [0.25, 0.3) is 0 Å². The van der Waals surface area contributed by atoms with Crippen molar-refractivity contribution >= 4 is 5.97 Å². The minimum absolute atomic E-state index is 0.193. The van der Waals surface area contributed by atoms with Crippen LogP contribution >= 0.6 is 0 Å². The van der Waals surface area contributed by atoms with Gasteiger partial charge in [-0.3, -0.25) is 9.69 Å². The molecule has 0 aliphatic heterocycles. The summed E-state index contributed by atoms with van der Waals surface area (Å²) in [5, 5.41) is 0. The molecule has 1 aromatic heterocycles. The van der Waals surface area contributed by atoms with E-state index in [0.717, 1.165) is 5.69 Å². The number of aromatic nitrogens is 2. The molecular weight excluding hydrogens is 242 g/mol. The fraction of sp³-hybridized carbons (Fsp3) is 0.571. The molecule has 1 aliphatic rings. The van der Waals surface area contributed by atoms with Crippen LogP contribution in [0.15, 0.2) is 25.2 Å². The van der Waals surface area contributed by atoms with Crippen molar-refractivity contribution in [1.29, 1.82) is 0 Å². The monoisotopic (exact) mass is 263 g/mol. The molecule has 104 valence electrons. The van der Waals surface area contributed by atoms with Crippen LogP contribution in [-0.4, -0.2) is 40.1 Å². The Bertz CT molecular complexity index is 438. The maximum Gasteiger partial charge on any atom is 0.320 e. The Balaban J connectivity index is 1.96. The van der Waals surface area contributed by atoms with Gasteiger partial charge in [0.1, 0.15) is 0 Å². The lowest BCUT2D eigenvalue weighted by Gasteiger charge is -2.20. The predicted octanol–water partition coefficient (Wildman–Crippen LogP) is 1.77. The quantitative estimate of drug-likeness (QED) is 0.530. The summed E-state index contributed by atoms with van der Waals surface area (Å²) in [6.07, 6.45) is 8.01. The summed E-state index contributed by atoms with van der Waals surface area (Å²) < 4.78 is 7.20. The number of hydrogen-bond acceptors (Lipinski definition) is 4. The molecule has 0 saturated heterocycles. The fourth-order valence-corrected chi connectivity index (χ4v) is 2.12. The topological polar surface area (TPSA) is 47.4 Å². The summed E-state index contributed by atoms with van der Waals surface area (Å²) in [7, 11) is 0. The standard InChI is InChI=1S/C14H21N3O2/c1-3-7-16(10-14(18)19-4-2)9-13-8-15-11-17(13)12-5-6-12/h3,8,11-12H,1,4-7,9-10H2,2H3. The second-order valence-electron chi connectivity index (χ2n) is 4.79. The van der Waals surface area contributed by atoms with Gasteiger partial charge >= 0.3 is 5.97 Å². The number of ether oxygens (including phenoxy) is 1. The summed E-state index contributed by atoms with van der Waals surface area (Å²) >= 11 is 0. The normalized spacial score (nSPS) is 14.6. The maximum absolute atomic E-state index is 11.6. The van der Waals surface area contributed by atoms with E-state index in [1.165, 1.54) is 12.8 Å². The van der Waals surface area contributed by atoms with E-state index in [0.29, 0.717) is 25.7 Å². The third-order valence-electron chi connectivity index (χ3n) is 3.12. The van der Waals surface area contributed by atoms with E-state index in [2.05, 4.69) is 16.1 Å². The minimum Gasteiger partial charge on any atom is -0.465 e. The summed E-state index contributed by atoms with van der Waals surface area (Å²) in [6, 6.07) is 0.602. The van der Waals surface area contributed by atoms with Gasteiger partial charge in [0.2, 0.25) is 0 Å². The lowest BCUT2D eigenvalue weighted by molar-refractivity contribution is -0.144. The first-order valence-electron chi connectivity index (χ1n) is 6.74. The minimum atomic E-state index is -0.193. The highest BCUT2D eigenvalue weighted by Crippen LogP contribution is 2.35. The van der Waals surface area contributed by atoms with Gasteiger partial charge in [-0.2, -0.15) is 0 Å². The van der Waals surface area contributed by atoms with E-state index < -0.39 is 0 Å². The molecule has 1 aromatic rings. The first kappa shape index (κ1) is 13.8. The molecule has 0 unspecified atom stereocenters. The van der Waals surface area contributed by atoms with Gasteiger partial charge in [-0.05, 0) is 19.8 Å². The summed E-state index contributed by atoms with van der Waals surface area (Å²) in [4.78, 5) is 17.8. The van der Waals surface area contributed by atoms with Gasteiger partial charge in [0.05, 0.1) is 25.2 Å². The van der Waals surface area contributed by atoms with Crippen molar-refractivity contribution < 1.29 is 9.53 Å². The molecule has 1 aliphatic carbocycles. The van der Waals surface area contributed by atoms with Crippen molar-refractivity contribution in [3.05, 3.63) is 30.9 Å². The largest absolute Gasteiger partial charge is 0.465 e. The second-order valence-corrected chi connectivity index (χ2v) is 4.79. The van der Waals surface area contributed by atoms with E-state index in [1.54, 1.807) is 6.08 Å². The number of nitrogens with zero attached hydrogens (tertiary/aromatic N) is 3. The summed E-state index contributed by atoms with van der Waals surface area (Å²) in [5.74, 6) is -0.193. The van der Waals surface area contributed by atoms with Crippen LogP contribution in [0.3, 0.4) is 0 Å². The summed E-state index contributed by atoms with van der Waals surface area (Å²) in [5.41, 5.74) is 1.15. The van der Waals surface area contributed by atoms with Crippen molar-refractivity contribution in [2.75, 3.05) is 19.7 Å². The number of carbonyl (C=O) groups is 1. The van der Waals surface area contributed by atoms with Gasteiger partial charge in [-0.1, -0.05) is 6.08 Å². The molecule has 0 aromatic carbocycles. The predicted molar refractivity (Wildman–Crippen MR) is 72.6 cm³/mol. The molecule has 19 heavy (non-hydrogen) atoms. The van der Waals surface area contributed by atoms with Gasteiger partial charge in [0.15, 0.2) is 0 Å². The molecule has 2 rings (SSSR count). The Kier molecular flexibility index (Phi) is 4.74. The lowest BCUT2D eigenvalue weighted by atomic mass is 10.3. The number of esters is 1. The molecule has 0 spiro atoms. The van der Waals surface area contributed by atoms with Gasteiger partial charge < -0.3 is 9.30 Å². The zero-order valence-corrected chi connectivity index (χ0v) is 11.4. The average molecular weight is 263 g/mol. The van der Waals surface area contributed by atoms with Gasteiger partial charge in [-0.25, -0.2) is 4.98 Å². The zero-order valence-electron chi connectivity index (χ0n) is 11.4. The van der Waals surface area contributed by atoms with Crippen molar-refractivity contribution in [3.8, 4) is 0 Å². The van der Waals surface area contributed by atoms with E-state index in [-0.39, 0.29) is 12.5 Å². The number of rotatable bonds is 8. The van der Waals surface area contributed by atoms with Crippen LogP contribution in [0.2, 0.25) is 0 Å². The second kappa shape index (κ2) is 6.52. The van der Waals surface area contributed by atoms with E-state index >= 15 is 0 Å². The first-order valence-corrected chi connectivity index (χ1v) is 6.74. The van der Waals surface area contributed by atoms with Crippen LogP contribution in [0.5, 0.6) is 0 Å². The van der Waals surface area contributed by atoms with Crippen LogP contribution in [-0.2, 0) is 16.1 Å². The van der Waals surface area contributed by atoms with E-state index in [4.69, 9.17) is 4.74 Å². The zero-order chi connectivity index (χ0) is 13.7. The Morgan fingerprint density at radius 3 is 3.11 bits per heavy atom. The third-order valence-corrected chi connectivity index (χ3v) is 3.12. The van der Waals surface area contributed by atoms with Crippen molar-refractivity contribution in [3.63, 3.8) is 0 Å². The number of hydrogen-bond donors (Lipinski definition) is 0. The van der Waals surface area contributed by atoms with E-state index in [9.17, 15) is 4.79 Å². The molecule has 5 nitrogen and oxygen atoms in total. The Hall–Kier alpha value is -1.62. The van der Waals surface area contributed by atoms with Gasteiger partial charge in [0, 0.05) is 25.3 Å². The van der Waals surface area contributed by atoms with Crippen LogP contribution in [0.1, 0.15) is 31.5 Å². The lowest BCUT2D eigenvalue weighted by Crippen LogP contribution is -2.31. The van der Waals surface area contributed by atoms with Gasteiger partial charge in [-0.15, -0.1) is 6.58 Å².